The molecular formula is C16H22N2O2. The lowest BCUT2D eigenvalue weighted by Gasteiger charge is -2.55. The van der Waals surface area contributed by atoms with Crippen molar-refractivity contribution in [2.24, 2.45) is 17.8 Å². The van der Waals surface area contributed by atoms with Crippen LogP contribution in [0.5, 0.6) is 0 Å². The fourth-order valence-electron chi connectivity index (χ4n) is 5.22. The van der Waals surface area contributed by atoms with Gasteiger partial charge in [-0.2, -0.15) is 4.98 Å². The molecule has 0 amide bonds. The predicted octanol–water partition coefficient (Wildman–Crippen LogP) is 3.06. The quantitative estimate of drug-likeness (QED) is 0.846. The highest BCUT2D eigenvalue weighted by atomic mass is 16.5. The minimum absolute atomic E-state index is 0.172. The van der Waals surface area contributed by atoms with Crippen LogP contribution in [0.25, 0.3) is 0 Å². The Morgan fingerprint density at radius 3 is 2.35 bits per heavy atom. The third-order valence-electron chi connectivity index (χ3n) is 5.72. The molecule has 1 aromatic rings. The van der Waals surface area contributed by atoms with E-state index in [9.17, 15) is 4.79 Å². The van der Waals surface area contributed by atoms with Crippen molar-refractivity contribution in [1.29, 1.82) is 0 Å². The van der Waals surface area contributed by atoms with Crippen LogP contribution in [0.2, 0.25) is 0 Å². The molecule has 1 heterocycles. The van der Waals surface area contributed by atoms with E-state index in [4.69, 9.17) is 4.52 Å². The molecule has 4 heteroatoms. The second kappa shape index (κ2) is 4.40. The molecular weight excluding hydrogens is 252 g/mol. The lowest BCUT2D eigenvalue weighted by molar-refractivity contribution is -0.118. The van der Waals surface area contributed by atoms with Crippen LogP contribution < -0.4 is 0 Å². The second-order valence-corrected chi connectivity index (χ2v) is 7.28. The highest BCUT2D eigenvalue weighted by Gasteiger charge is 2.53. The van der Waals surface area contributed by atoms with Gasteiger partial charge in [-0.3, -0.25) is 4.79 Å². The number of nitrogens with zero attached hydrogens (tertiary/aromatic N) is 2. The number of ketones is 1. The maximum atomic E-state index is 11.5. The van der Waals surface area contributed by atoms with Gasteiger partial charge in [0.1, 0.15) is 5.78 Å². The Balaban J connectivity index is 1.59. The van der Waals surface area contributed by atoms with E-state index in [0.29, 0.717) is 18.7 Å². The number of Topliss-reactive ketones (excluding diaryl/α,β-unsaturated/α-hetero) is 1. The molecule has 20 heavy (non-hydrogen) atoms. The van der Waals surface area contributed by atoms with Gasteiger partial charge in [0, 0.05) is 11.8 Å². The minimum Gasteiger partial charge on any atom is -0.339 e. The van der Waals surface area contributed by atoms with Crippen molar-refractivity contribution in [1.82, 2.24) is 10.1 Å². The second-order valence-electron chi connectivity index (χ2n) is 7.28. The van der Waals surface area contributed by atoms with Crippen LogP contribution in [-0.4, -0.2) is 15.9 Å². The van der Waals surface area contributed by atoms with Gasteiger partial charge in [-0.1, -0.05) is 12.1 Å². The molecule has 0 unspecified atom stereocenters. The van der Waals surface area contributed by atoms with E-state index >= 15 is 0 Å². The Morgan fingerprint density at radius 1 is 1.20 bits per heavy atom. The highest BCUT2D eigenvalue weighted by molar-refractivity contribution is 5.79. The first-order valence-corrected chi connectivity index (χ1v) is 8.01. The van der Waals surface area contributed by atoms with Crippen molar-refractivity contribution < 1.29 is 9.32 Å². The lowest BCUT2D eigenvalue weighted by atomic mass is 9.49. The molecule has 5 rings (SSSR count). The van der Waals surface area contributed by atoms with Crippen LogP contribution in [0.3, 0.4) is 0 Å². The topological polar surface area (TPSA) is 56.0 Å². The highest BCUT2D eigenvalue weighted by Crippen LogP contribution is 2.60. The number of hydrogen-bond donors (Lipinski definition) is 0. The molecule has 4 saturated carbocycles. The van der Waals surface area contributed by atoms with E-state index < -0.39 is 0 Å². The molecule has 0 aromatic carbocycles. The molecule has 4 aliphatic rings. The average molecular weight is 274 g/mol. The lowest BCUT2D eigenvalue weighted by Crippen LogP contribution is -2.49. The van der Waals surface area contributed by atoms with E-state index in [0.717, 1.165) is 23.6 Å². The van der Waals surface area contributed by atoms with Crippen LogP contribution in [0, 0.1) is 17.8 Å². The Labute approximate surface area is 119 Å². The normalized spacial score (nSPS) is 38.4. The summed E-state index contributed by atoms with van der Waals surface area (Å²) < 4.78 is 5.34. The number of carbonyl (C=O) groups excluding carboxylic acids is 1. The first-order chi connectivity index (χ1) is 9.67. The van der Waals surface area contributed by atoms with Gasteiger partial charge in [0.25, 0.3) is 0 Å². The number of hydrogen-bond acceptors (Lipinski definition) is 4. The van der Waals surface area contributed by atoms with Gasteiger partial charge in [-0.15, -0.1) is 0 Å². The van der Waals surface area contributed by atoms with Gasteiger partial charge in [-0.05, 0) is 56.3 Å². The molecule has 0 aliphatic heterocycles. The summed E-state index contributed by atoms with van der Waals surface area (Å²) >= 11 is 0. The van der Waals surface area contributed by atoms with E-state index in [-0.39, 0.29) is 11.2 Å². The van der Waals surface area contributed by atoms with Gasteiger partial charge in [0.2, 0.25) is 5.89 Å². The first-order valence-electron chi connectivity index (χ1n) is 8.01. The zero-order valence-corrected chi connectivity index (χ0v) is 12.1. The third-order valence-corrected chi connectivity index (χ3v) is 5.72. The van der Waals surface area contributed by atoms with Crippen molar-refractivity contribution in [3.05, 3.63) is 11.7 Å². The summed E-state index contributed by atoms with van der Waals surface area (Å²) in [4.78, 5) is 16.1. The van der Waals surface area contributed by atoms with Crippen LogP contribution in [0.1, 0.15) is 63.6 Å². The Bertz CT molecular complexity index is 499. The van der Waals surface area contributed by atoms with Gasteiger partial charge in [-0.25, -0.2) is 0 Å². The summed E-state index contributed by atoms with van der Waals surface area (Å²) in [6.45, 7) is 1.87. The van der Waals surface area contributed by atoms with E-state index in [1.165, 1.54) is 38.5 Å². The molecule has 4 aliphatic carbocycles. The fourth-order valence-corrected chi connectivity index (χ4v) is 5.22. The summed E-state index contributed by atoms with van der Waals surface area (Å²) in [7, 11) is 0. The molecule has 0 saturated heterocycles. The van der Waals surface area contributed by atoms with Crippen LogP contribution in [-0.2, 0) is 16.6 Å². The fraction of sp³-hybridized carbons (Fsp3) is 0.812. The largest absolute Gasteiger partial charge is 0.339 e. The zero-order valence-electron chi connectivity index (χ0n) is 12.1. The van der Waals surface area contributed by atoms with Gasteiger partial charge < -0.3 is 4.52 Å². The first kappa shape index (κ1) is 12.5. The van der Waals surface area contributed by atoms with Crippen LogP contribution in [0.4, 0.5) is 0 Å². The average Bonchev–Trinajstić information content (AvgIpc) is 2.86. The Kier molecular flexibility index (Phi) is 2.76. The van der Waals surface area contributed by atoms with Crippen LogP contribution >= 0.6 is 0 Å². The Morgan fingerprint density at radius 2 is 1.80 bits per heavy atom. The summed E-state index contributed by atoms with van der Waals surface area (Å²) in [5, 5.41) is 4.26. The van der Waals surface area contributed by atoms with E-state index in [1.54, 1.807) is 0 Å². The predicted molar refractivity (Wildman–Crippen MR) is 73.2 cm³/mol. The Hall–Kier alpha value is -1.19. The summed E-state index contributed by atoms with van der Waals surface area (Å²) in [5.41, 5.74) is 0.172. The van der Waals surface area contributed by atoms with Crippen molar-refractivity contribution in [2.45, 2.75) is 63.7 Å². The van der Waals surface area contributed by atoms with Gasteiger partial charge >= 0.3 is 0 Å². The smallest absolute Gasteiger partial charge is 0.234 e. The molecule has 0 spiro atoms. The molecule has 108 valence electrons. The monoisotopic (exact) mass is 274 g/mol. The standard InChI is InChI=1S/C16H22N2O2/c1-2-13(19)6-14-17-15(18-20-14)16-7-10-3-11(8-16)5-12(4-10)9-16/h10-12H,2-9H2,1H3. The summed E-state index contributed by atoms with van der Waals surface area (Å²) in [6.07, 6.45) is 8.79. The van der Waals surface area contributed by atoms with E-state index in [1.807, 2.05) is 6.92 Å². The number of aromatic nitrogens is 2. The molecule has 0 radical (unpaired) electrons. The molecule has 4 nitrogen and oxygen atoms in total. The maximum Gasteiger partial charge on any atom is 0.234 e. The molecule has 1 aromatic heterocycles. The molecule has 4 bridgehead atoms. The molecule has 0 atom stereocenters. The van der Waals surface area contributed by atoms with Crippen molar-refractivity contribution in [2.75, 3.05) is 0 Å². The summed E-state index contributed by atoms with van der Waals surface area (Å²) in [6, 6.07) is 0. The zero-order chi connectivity index (χ0) is 13.7. The van der Waals surface area contributed by atoms with Gasteiger partial charge in [0.05, 0.1) is 6.42 Å². The molecule has 0 N–H and O–H groups in total. The third kappa shape index (κ3) is 1.92. The van der Waals surface area contributed by atoms with Crippen molar-refractivity contribution in [3.8, 4) is 0 Å². The van der Waals surface area contributed by atoms with Crippen molar-refractivity contribution in [3.63, 3.8) is 0 Å². The number of rotatable bonds is 4. The summed E-state index contributed by atoms with van der Waals surface area (Å²) in [5.74, 6) is 4.21. The van der Waals surface area contributed by atoms with Crippen molar-refractivity contribution >= 4 is 5.78 Å². The maximum absolute atomic E-state index is 11.5. The van der Waals surface area contributed by atoms with Gasteiger partial charge in [0.15, 0.2) is 5.82 Å². The molecule has 4 fully saturated rings. The SMILES string of the molecule is CCC(=O)Cc1nc(C23CC4CC(CC(C4)C2)C3)no1. The number of carbonyl (C=O) groups is 1. The van der Waals surface area contributed by atoms with E-state index in [2.05, 4.69) is 10.1 Å². The van der Waals surface area contributed by atoms with Crippen LogP contribution in [0.15, 0.2) is 4.52 Å². The minimum atomic E-state index is 0.172.